The molecule has 1 aromatic rings. The second-order valence-corrected chi connectivity index (χ2v) is 8.51. The molecular formula is C20H30N4O. The molecule has 4 rings (SSSR count). The van der Waals surface area contributed by atoms with E-state index in [-0.39, 0.29) is 0 Å². The molecular weight excluding hydrogens is 312 g/mol. The second kappa shape index (κ2) is 6.26. The lowest BCUT2D eigenvalue weighted by Crippen LogP contribution is -2.52. The quantitative estimate of drug-likeness (QED) is 0.847. The molecule has 3 fully saturated rings. The minimum absolute atomic E-state index is 0.338. The fraction of sp³-hybridized carbons (Fsp3) is 0.750. The van der Waals surface area contributed by atoms with Crippen molar-refractivity contribution >= 4 is 11.7 Å². The van der Waals surface area contributed by atoms with Gasteiger partial charge in [-0.15, -0.1) is 0 Å². The van der Waals surface area contributed by atoms with Gasteiger partial charge < -0.3 is 9.80 Å². The number of anilines is 1. The maximum Gasteiger partial charge on any atom is 0.222 e. The summed E-state index contributed by atoms with van der Waals surface area (Å²) in [6.45, 7) is 10.3. The highest BCUT2D eigenvalue weighted by atomic mass is 16.2. The zero-order valence-corrected chi connectivity index (χ0v) is 15.8. The SMILES string of the molecule is Cc1nc(C)c(C)c(N2CCC3(CCC(=O)N(CC4CC4)C3)CC2)n1. The maximum absolute atomic E-state index is 12.3. The molecule has 1 aliphatic carbocycles. The van der Waals surface area contributed by atoms with Gasteiger partial charge in [0.05, 0.1) is 0 Å². The van der Waals surface area contributed by atoms with Crippen molar-refractivity contribution in [3.8, 4) is 0 Å². The summed E-state index contributed by atoms with van der Waals surface area (Å²) in [7, 11) is 0. The van der Waals surface area contributed by atoms with Gasteiger partial charge in [0.2, 0.25) is 5.91 Å². The first-order chi connectivity index (χ1) is 12.0. The van der Waals surface area contributed by atoms with Crippen molar-refractivity contribution in [2.24, 2.45) is 11.3 Å². The molecule has 0 unspecified atom stereocenters. The molecule has 0 bridgehead atoms. The van der Waals surface area contributed by atoms with Crippen molar-refractivity contribution in [2.45, 2.75) is 59.3 Å². The van der Waals surface area contributed by atoms with Crippen LogP contribution < -0.4 is 4.90 Å². The van der Waals surface area contributed by atoms with Gasteiger partial charge in [0.25, 0.3) is 0 Å². The number of nitrogens with zero attached hydrogens (tertiary/aromatic N) is 4. The molecule has 1 amide bonds. The summed E-state index contributed by atoms with van der Waals surface area (Å²) in [5.74, 6) is 3.14. The molecule has 0 N–H and O–H groups in total. The van der Waals surface area contributed by atoms with Crippen molar-refractivity contribution in [1.29, 1.82) is 0 Å². The first-order valence-corrected chi connectivity index (χ1v) is 9.80. The summed E-state index contributed by atoms with van der Waals surface area (Å²) in [4.78, 5) is 26.1. The second-order valence-electron chi connectivity index (χ2n) is 8.51. The molecule has 1 aromatic heterocycles. The smallest absolute Gasteiger partial charge is 0.222 e. The standard InChI is InChI=1S/C20H30N4O/c1-14-15(2)21-16(3)22-19(14)23-10-8-20(9-11-23)7-6-18(25)24(13-20)12-17-4-5-17/h17H,4-13H2,1-3H3. The van der Waals surface area contributed by atoms with Crippen molar-refractivity contribution in [1.82, 2.24) is 14.9 Å². The van der Waals surface area contributed by atoms with Crippen LogP contribution in [0.15, 0.2) is 0 Å². The van der Waals surface area contributed by atoms with E-state index in [9.17, 15) is 4.79 Å². The zero-order valence-electron chi connectivity index (χ0n) is 15.8. The highest BCUT2D eigenvalue weighted by Gasteiger charge is 2.42. The van der Waals surface area contributed by atoms with Gasteiger partial charge in [-0.1, -0.05) is 0 Å². The van der Waals surface area contributed by atoms with Gasteiger partial charge in [0.15, 0.2) is 0 Å². The lowest BCUT2D eigenvalue weighted by Gasteiger charge is -2.48. The lowest BCUT2D eigenvalue weighted by atomic mass is 9.72. The number of piperidine rings is 2. The molecule has 0 aromatic carbocycles. The first-order valence-electron chi connectivity index (χ1n) is 9.80. The molecule has 2 saturated heterocycles. The molecule has 136 valence electrons. The molecule has 5 heteroatoms. The number of rotatable bonds is 3. The Morgan fingerprint density at radius 2 is 1.80 bits per heavy atom. The van der Waals surface area contributed by atoms with Crippen molar-refractivity contribution in [3.63, 3.8) is 0 Å². The number of hydrogen-bond donors (Lipinski definition) is 0. The number of aromatic nitrogens is 2. The van der Waals surface area contributed by atoms with E-state index in [1.807, 2.05) is 6.92 Å². The zero-order chi connectivity index (χ0) is 17.6. The van der Waals surface area contributed by atoms with Gasteiger partial charge >= 0.3 is 0 Å². The Balaban J connectivity index is 1.45. The van der Waals surface area contributed by atoms with Gasteiger partial charge in [-0.2, -0.15) is 0 Å². The summed E-state index contributed by atoms with van der Waals surface area (Å²) in [5, 5.41) is 0. The summed E-state index contributed by atoms with van der Waals surface area (Å²) in [6, 6.07) is 0. The van der Waals surface area contributed by atoms with E-state index in [1.54, 1.807) is 0 Å². The van der Waals surface area contributed by atoms with Crippen LogP contribution in [-0.4, -0.2) is 47.0 Å². The van der Waals surface area contributed by atoms with Crippen LogP contribution in [0.4, 0.5) is 5.82 Å². The number of likely N-dealkylation sites (tertiary alicyclic amines) is 1. The van der Waals surface area contributed by atoms with Crippen molar-refractivity contribution < 1.29 is 4.79 Å². The molecule has 1 saturated carbocycles. The minimum atomic E-state index is 0.338. The third kappa shape index (κ3) is 3.38. The molecule has 3 aliphatic rings. The molecule has 2 aliphatic heterocycles. The van der Waals surface area contributed by atoms with Crippen LogP contribution in [0.2, 0.25) is 0 Å². The number of hydrogen-bond acceptors (Lipinski definition) is 4. The Morgan fingerprint density at radius 3 is 2.48 bits per heavy atom. The largest absolute Gasteiger partial charge is 0.356 e. The normalized spacial score (nSPS) is 23.4. The van der Waals surface area contributed by atoms with Crippen molar-refractivity contribution in [3.05, 3.63) is 17.1 Å². The maximum atomic E-state index is 12.3. The van der Waals surface area contributed by atoms with E-state index in [2.05, 4.69) is 28.6 Å². The number of aryl methyl sites for hydroxylation is 2. The van der Waals surface area contributed by atoms with E-state index >= 15 is 0 Å². The van der Waals surface area contributed by atoms with Gasteiger partial charge in [0, 0.05) is 43.9 Å². The predicted octanol–water partition coefficient (Wildman–Crippen LogP) is 3.02. The van der Waals surface area contributed by atoms with Gasteiger partial charge in [-0.05, 0) is 64.2 Å². The Kier molecular flexibility index (Phi) is 4.20. The van der Waals surface area contributed by atoms with Gasteiger partial charge in [-0.3, -0.25) is 4.79 Å². The lowest BCUT2D eigenvalue weighted by molar-refractivity contribution is -0.138. The summed E-state index contributed by atoms with van der Waals surface area (Å²) < 4.78 is 0. The molecule has 0 atom stereocenters. The summed E-state index contributed by atoms with van der Waals surface area (Å²) in [5.41, 5.74) is 2.63. The molecule has 5 nitrogen and oxygen atoms in total. The van der Waals surface area contributed by atoms with E-state index < -0.39 is 0 Å². The van der Waals surface area contributed by atoms with E-state index in [1.165, 1.54) is 31.2 Å². The Hall–Kier alpha value is -1.65. The van der Waals surface area contributed by atoms with Crippen LogP contribution in [0.3, 0.4) is 0 Å². The fourth-order valence-electron chi connectivity index (χ4n) is 4.54. The molecule has 1 spiro atoms. The van der Waals surface area contributed by atoms with Crippen LogP contribution in [0.5, 0.6) is 0 Å². The average Bonchev–Trinajstić information content (AvgIpc) is 3.40. The van der Waals surface area contributed by atoms with Crippen LogP contribution in [0, 0.1) is 32.1 Å². The summed E-state index contributed by atoms with van der Waals surface area (Å²) >= 11 is 0. The monoisotopic (exact) mass is 342 g/mol. The Labute approximate surface area is 150 Å². The Morgan fingerprint density at radius 1 is 1.08 bits per heavy atom. The van der Waals surface area contributed by atoms with Crippen LogP contribution in [0.1, 0.15) is 55.6 Å². The minimum Gasteiger partial charge on any atom is -0.356 e. The van der Waals surface area contributed by atoms with Gasteiger partial charge in [0.1, 0.15) is 11.6 Å². The fourth-order valence-corrected chi connectivity index (χ4v) is 4.54. The number of carbonyl (C=O) groups is 1. The van der Waals surface area contributed by atoms with Crippen molar-refractivity contribution in [2.75, 3.05) is 31.1 Å². The third-order valence-corrected chi connectivity index (χ3v) is 6.52. The van der Waals surface area contributed by atoms with E-state index in [0.29, 0.717) is 11.3 Å². The molecule has 0 radical (unpaired) electrons. The predicted molar refractivity (Wildman–Crippen MR) is 98.7 cm³/mol. The molecule has 3 heterocycles. The number of carbonyl (C=O) groups excluding carboxylic acids is 1. The molecule has 25 heavy (non-hydrogen) atoms. The topological polar surface area (TPSA) is 49.3 Å². The average molecular weight is 342 g/mol. The van der Waals surface area contributed by atoms with E-state index in [4.69, 9.17) is 4.98 Å². The third-order valence-electron chi connectivity index (χ3n) is 6.52. The highest BCUT2D eigenvalue weighted by Crippen LogP contribution is 2.42. The van der Waals surface area contributed by atoms with E-state index in [0.717, 1.165) is 62.3 Å². The number of amides is 1. The summed E-state index contributed by atoms with van der Waals surface area (Å²) in [6.07, 6.45) is 6.79. The first kappa shape index (κ1) is 16.8. The Bertz CT molecular complexity index is 675. The van der Waals surface area contributed by atoms with Crippen LogP contribution in [0.25, 0.3) is 0 Å². The van der Waals surface area contributed by atoms with Gasteiger partial charge in [-0.25, -0.2) is 9.97 Å². The van der Waals surface area contributed by atoms with Crippen LogP contribution >= 0.6 is 0 Å². The highest BCUT2D eigenvalue weighted by molar-refractivity contribution is 5.77. The van der Waals surface area contributed by atoms with Crippen LogP contribution in [-0.2, 0) is 4.79 Å².